The number of amides is 4. The molecule has 0 aliphatic carbocycles. The lowest BCUT2D eigenvalue weighted by molar-refractivity contribution is 0.0653. The van der Waals surface area contributed by atoms with Crippen molar-refractivity contribution in [2.75, 3.05) is 18.4 Å². The minimum Gasteiger partial charge on any atom is -0.338 e. The zero-order valence-corrected chi connectivity index (χ0v) is 15.0. The number of nitrogens with one attached hydrogen (secondary N) is 2. The molecule has 2 N–H and O–H groups in total. The summed E-state index contributed by atoms with van der Waals surface area (Å²) in [6.07, 6.45) is 0.471. The van der Waals surface area contributed by atoms with Crippen molar-refractivity contribution >= 4 is 35.1 Å². The number of imide groups is 1. The Morgan fingerprint density at radius 3 is 2.35 bits per heavy atom. The molecule has 0 spiro atoms. The van der Waals surface area contributed by atoms with Crippen LogP contribution in [0.5, 0.6) is 0 Å². The van der Waals surface area contributed by atoms with Gasteiger partial charge in [-0.05, 0) is 49.2 Å². The van der Waals surface area contributed by atoms with E-state index in [0.717, 1.165) is 5.56 Å². The number of carbonyl (C=O) groups is 3. The van der Waals surface area contributed by atoms with E-state index in [2.05, 4.69) is 10.6 Å². The molecule has 6 nitrogen and oxygen atoms in total. The molecule has 3 rings (SSSR count). The fourth-order valence-corrected chi connectivity index (χ4v) is 3.04. The smallest absolute Gasteiger partial charge is 0.319 e. The molecule has 1 heterocycles. The van der Waals surface area contributed by atoms with Crippen LogP contribution in [0.1, 0.15) is 32.7 Å². The van der Waals surface area contributed by atoms with Gasteiger partial charge < -0.3 is 10.6 Å². The normalized spacial score (nSPS) is 12.9. The zero-order chi connectivity index (χ0) is 18.7. The fourth-order valence-electron chi connectivity index (χ4n) is 2.82. The third kappa shape index (κ3) is 3.70. The minimum absolute atomic E-state index is 0.257. The van der Waals surface area contributed by atoms with Crippen LogP contribution in [-0.4, -0.2) is 35.8 Å². The number of carbonyl (C=O) groups excluding carboxylic acids is 3. The largest absolute Gasteiger partial charge is 0.338 e. The van der Waals surface area contributed by atoms with Gasteiger partial charge in [-0.25, -0.2) is 4.79 Å². The van der Waals surface area contributed by atoms with Crippen molar-refractivity contribution in [1.29, 1.82) is 0 Å². The highest BCUT2D eigenvalue weighted by atomic mass is 35.5. The lowest BCUT2D eigenvalue weighted by Crippen LogP contribution is -2.35. The molecule has 0 bridgehead atoms. The van der Waals surface area contributed by atoms with Crippen LogP contribution in [0.2, 0.25) is 5.02 Å². The summed E-state index contributed by atoms with van der Waals surface area (Å²) >= 11 is 5.89. The molecule has 2 aromatic carbocycles. The monoisotopic (exact) mass is 371 g/mol. The highest BCUT2D eigenvalue weighted by Gasteiger charge is 2.34. The van der Waals surface area contributed by atoms with Crippen molar-refractivity contribution < 1.29 is 14.4 Å². The van der Waals surface area contributed by atoms with Gasteiger partial charge in [-0.2, -0.15) is 0 Å². The second-order valence-corrected chi connectivity index (χ2v) is 6.44. The van der Waals surface area contributed by atoms with Gasteiger partial charge in [0, 0.05) is 23.8 Å². The van der Waals surface area contributed by atoms with E-state index in [4.69, 9.17) is 11.6 Å². The van der Waals surface area contributed by atoms with Gasteiger partial charge in [0.15, 0.2) is 0 Å². The van der Waals surface area contributed by atoms with E-state index in [0.29, 0.717) is 34.8 Å². The minimum atomic E-state index is -0.349. The quantitative estimate of drug-likeness (QED) is 0.624. The van der Waals surface area contributed by atoms with E-state index in [1.807, 2.05) is 6.92 Å². The van der Waals surface area contributed by atoms with Crippen molar-refractivity contribution in [2.24, 2.45) is 0 Å². The van der Waals surface area contributed by atoms with Crippen LogP contribution in [0.15, 0.2) is 42.5 Å². The number of hydrogen-bond donors (Lipinski definition) is 2. The predicted octanol–water partition coefficient (Wildman–Crippen LogP) is 3.46. The molecule has 7 heteroatoms. The van der Waals surface area contributed by atoms with Crippen LogP contribution in [0.3, 0.4) is 0 Å². The topological polar surface area (TPSA) is 78.5 Å². The van der Waals surface area contributed by atoms with E-state index in [-0.39, 0.29) is 24.4 Å². The third-order valence-corrected chi connectivity index (χ3v) is 4.39. The molecule has 1 aliphatic heterocycles. The van der Waals surface area contributed by atoms with Gasteiger partial charge in [-0.15, -0.1) is 0 Å². The highest BCUT2D eigenvalue weighted by molar-refractivity contribution is 6.30. The molecule has 2 aromatic rings. The number of benzene rings is 2. The average Bonchev–Trinajstić information content (AvgIpc) is 2.86. The summed E-state index contributed by atoms with van der Waals surface area (Å²) in [4.78, 5) is 37.6. The van der Waals surface area contributed by atoms with E-state index in [1.165, 1.54) is 4.90 Å². The molecule has 4 amide bonds. The number of hydrogen-bond acceptors (Lipinski definition) is 3. The first-order valence-electron chi connectivity index (χ1n) is 8.23. The Balaban J connectivity index is 1.47. The van der Waals surface area contributed by atoms with Crippen LogP contribution >= 0.6 is 11.6 Å². The van der Waals surface area contributed by atoms with Crippen molar-refractivity contribution in [2.45, 2.75) is 13.3 Å². The third-order valence-electron chi connectivity index (χ3n) is 4.16. The molecule has 0 saturated carbocycles. The molecule has 0 fully saturated rings. The Hall–Kier alpha value is -2.86. The van der Waals surface area contributed by atoms with Crippen molar-refractivity contribution in [3.05, 3.63) is 64.2 Å². The summed E-state index contributed by atoms with van der Waals surface area (Å²) < 4.78 is 0. The Kier molecular flexibility index (Phi) is 5.23. The maximum Gasteiger partial charge on any atom is 0.319 e. The standard InChI is InChI=1S/C19H18ClN3O3/c1-12-11-13(20)7-8-16(12)22-19(26)21-9-4-10-23-17(24)14-5-2-3-6-15(14)18(23)25/h2-3,5-8,11H,4,9-10H2,1H3,(H2,21,22,26). The van der Waals surface area contributed by atoms with Crippen molar-refractivity contribution in [1.82, 2.24) is 10.2 Å². The summed E-state index contributed by atoms with van der Waals surface area (Å²) in [7, 11) is 0. The Morgan fingerprint density at radius 1 is 1.08 bits per heavy atom. The van der Waals surface area contributed by atoms with Gasteiger partial charge in [0.05, 0.1) is 11.1 Å². The number of nitrogens with zero attached hydrogens (tertiary/aromatic N) is 1. The molecule has 0 radical (unpaired) electrons. The van der Waals surface area contributed by atoms with E-state index < -0.39 is 0 Å². The zero-order valence-electron chi connectivity index (χ0n) is 14.2. The van der Waals surface area contributed by atoms with Gasteiger partial charge in [-0.3, -0.25) is 14.5 Å². The maximum absolute atomic E-state index is 12.2. The molecule has 0 saturated heterocycles. The van der Waals surface area contributed by atoms with Crippen LogP contribution in [0, 0.1) is 6.92 Å². The first-order valence-corrected chi connectivity index (χ1v) is 8.61. The molecule has 1 aliphatic rings. The van der Waals surface area contributed by atoms with Crippen molar-refractivity contribution in [3.8, 4) is 0 Å². The molecule has 0 aromatic heterocycles. The average molecular weight is 372 g/mol. The van der Waals surface area contributed by atoms with Crippen LogP contribution in [0.25, 0.3) is 0 Å². The second-order valence-electron chi connectivity index (χ2n) is 6.00. The Bertz CT molecular complexity index is 847. The predicted molar refractivity (Wildman–Crippen MR) is 99.6 cm³/mol. The maximum atomic E-state index is 12.2. The highest BCUT2D eigenvalue weighted by Crippen LogP contribution is 2.22. The number of urea groups is 1. The number of rotatable bonds is 5. The van der Waals surface area contributed by atoms with E-state index in [1.54, 1.807) is 42.5 Å². The summed E-state index contributed by atoms with van der Waals surface area (Å²) in [5, 5.41) is 6.06. The van der Waals surface area contributed by atoms with Gasteiger partial charge in [0.25, 0.3) is 11.8 Å². The summed E-state index contributed by atoms with van der Waals surface area (Å²) in [5.41, 5.74) is 2.40. The molecular formula is C19H18ClN3O3. The SMILES string of the molecule is Cc1cc(Cl)ccc1NC(=O)NCCCN1C(=O)c2ccccc2C1=O. The fraction of sp³-hybridized carbons (Fsp3) is 0.211. The first-order chi connectivity index (χ1) is 12.5. The second kappa shape index (κ2) is 7.58. The van der Waals surface area contributed by atoms with Crippen LogP contribution < -0.4 is 10.6 Å². The molecule has 0 unspecified atom stereocenters. The van der Waals surface area contributed by atoms with Crippen molar-refractivity contribution in [3.63, 3.8) is 0 Å². The number of fused-ring (bicyclic) bond motifs is 1. The number of halogens is 1. The molecule has 134 valence electrons. The number of anilines is 1. The lowest BCUT2D eigenvalue weighted by Gasteiger charge is -2.14. The summed E-state index contributed by atoms with van der Waals surface area (Å²) in [5.74, 6) is -0.571. The van der Waals surface area contributed by atoms with E-state index in [9.17, 15) is 14.4 Å². The summed E-state index contributed by atoms with van der Waals surface area (Å²) in [6.45, 7) is 2.45. The molecular weight excluding hydrogens is 354 g/mol. The van der Waals surface area contributed by atoms with E-state index >= 15 is 0 Å². The Morgan fingerprint density at radius 2 is 1.73 bits per heavy atom. The molecule has 26 heavy (non-hydrogen) atoms. The van der Waals surface area contributed by atoms with Gasteiger partial charge in [0.1, 0.15) is 0 Å². The first kappa shape index (κ1) is 17.9. The Labute approximate surface area is 156 Å². The van der Waals surface area contributed by atoms with Gasteiger partial charge in [0.2, 0.25) is 0 Å². The lowest BCUT2D eigenvalue weighted by atomic mass is 10.1. The van der Waals surface area contributed by atoms with Gasteiger partial charge >= 0.3 is 6.03 Å². The van der Waals surface area contributed by atoms with Crippen LogP contribution in [0.4, 0.5) is 10.5 Å². The van der Waals surface area contributed by atoms with Gasteiger partial charge in [-0.1, -0.05) is 23.7 Å². The molecule has 0 atom stereocenters. The summed E-state index contributed by atoms with van der Waals surface area (Å²) in [6, 6.07) is 11.6. The van der Waals surface area contributed by atoms with Crippen LogP contribution in [-0.2, 0) is 0 Å². The number of aryl methyl sites for hydroxylation is 1.